The molecule has 1 fully saturated rings. The summed E-state index contributed by atoms with van der Waals surface area (Å²) in [5.41, 5.74) is 1.06. The first-order chi connectivity index (χ1) is 9.63. The SMILES string of the molecule is O=C1CCN(c2ncc(-c3cc(Br)ccc3F)cn2)C1. The Labute approximate surface area is 123 Å². The van der Waals surface area contributed by atoms with Gasteiger partial charge in [-0.3, -0.25) is 4.79 Å². The van der Waals surface area contributed by atoms with E-state index in [1.54, 1.807) is 24.5 Å². The summed E-state index contributed by atoms with van der Waals surface area (Å²) in [7, 11) is 0. The van der Waals surface area contributed by atoms with Crippen LogP contribution in [-0.4, -0.2) is 28.8 Å². The van der Waals surface area contributed by atoms with E-state index in [-0.39, 0.29) is 11.6 Å². The summed E-state index contributed by atoms with van der Waals surface area (Å²) in [5.74, 6) is 0.381. The Balaban J connectivity index is 1.89. The zero-order valence-electron chi connectivity index (χ0n) is 10.5. The largest absolute Gasteiger partial charge is 0.333 e. The van der Waals surface area contributed by atoms with E-state index in [1.165, 1.54) is 6.07 Å². The number of anilines is 1. The molecule has 2 heterocycles. The second-order valence-corrected chi connectivity index (χ2v) is 5.52. The number of rotatable bonds is 2. The molecule has 20 heavy (non-hydrogen) atoms. The summed E-state index contributed by atoms with van der Waals surface area (Å²) in [6.07, 6.45) is 3.69. The van der Waals surface area contributed by atoms with Gasteiger partial charge in [0.1, 0.15) is 5.82 Å². The Bertz CT molecular complexity index is 660. The van der Waals surface area contributed by atoms with Crippen LogP contribution < -0.4 is 4.90 Å². The molecule has 102 valence electrons. The zero-order valence-corrected chi connectivity index (χ0v) is 12.1. The number of hydrogen-bond donors (Lipinski definition) is 0. The Morgan fingerprint density at radius 1 is 1.25 bits per heavy atom. The van der Waals surface area contributed by atoms with Crippen molar-refractivity contribution in [1.82, 2.24) is 9.97 Å². The molecule has 0 aliphatic carbocycles. The van der Waals surface area contributed by atoms with Crippen molar-refractivity contribution in [2.75, 3.05) is 18.0 Å². The minimum atomic E-state index is -0.319. The Kier molecular flexibility index (Phi) is 3.48. The maximum absolute atomic E-state index is 13.8. The maximum atomic E-state index is 13.8. The van der Waals surface area contributed by atoms with E-state index in [4.69, 9.17) is 0 Å². The molecule has 1 aliphatic heterocycles. The van der Waals surface area contributed by atoms with Gasteiger partial charge in [-0.15, -0.1) is 0 Å². The highest BCUT2D eigenvalue weighted by atomic mass is 79.9. The van der Waals surface area contributed by atoms with Crippen molar-refractivity contribution in [3.05, 3.63) is 40.9 Å². The number of Topliss-reactive ketones (excluding diaryl/α,β-unsaturated/α-hetero) is 1. The molecular formula is C14H11BrFN3O. The van der Waals surface area contributed by atoms with Gasteiger partial charge in [-0.1, -0.05) is 15.9 Å². The molecule has 6 heteroatoms. The third-order valence-electron chi connectivity index (χ3n) is 3.19. The van der Waals surface area contributed by atoms with Gasteiger partial charge in [0.05, 0.1) is 6.54 Å². The quantitative estimate of drug-likeness (QED) is 0.846. The van der Waals surface area contributed by atoms with Crippen LogP contribution in [0.2, 0.25) is 0 Å². The van der Waals surface area contributed by atoms with Crippen LogP contribution in [0.1, 0.15) is 6.42 Å². The predicted octanol–water partition coefficient (Wildman–Crippen LogP) is 2.82. The molecule has 1 saturated heterocycles. The summed E-state index contributed by atoms with van der Waals surface area (Å²) in [4.78, 5) is 21.5. The molecular weight excluding hydrogens is 325 g/mol. The summed E-state index contributed by atoms with van der Waals surface area (Å²) in [5, 5.41) is 0. The summed E-state index contributed by atoms with van der Waals surface area (Å²) in [6.45, 7) is 0.994. The lowest BCUT2D eigenvalue weighted by atomic mass is 10.1. The zero-order chi connectivity index (χ0) is 14.1. The van der Waals surface area contributed by atoms with Crippen molar-refractivity contribution >= 4 is 27.7 Å². The van der Waals surface area contributed by atoms with Crippen LogP contribution in [0.4, 0.5) is 10.3 Å². The van der Waals surface area contributed by atoms with Gasteiger partial charge in [0.2, 0.25) is 5.95 Å². The molecule has 2 aromatic rings. The first-order valence-electron chi connectivity index (χ1n) is 6.17. The Morgan fingerprint density at radius 2 is 2.00 bits per heavy atom. The van der Waals surface area contributed by atoms with E-state index in [9.17, 15) is 9.18 Å². The normalized spacial score (nSPS) is 14.9. The van der Waals surface area contributed by atoms with E-state index in [2.05, 4.69) is 25.9 Å². The van der Waals surface area contributed by atoms with Crippen molar-refractivity contribution in [3.63, 3.8) is 0 Å². The van der Waals surface area contributed by atoms with Crippen LogP contribution in [-0.2, 0) is 4.79 Å². The summed E-state index contributed by atoms with van der Waals surface area (Å²) in [6, 6.07) is 4.73. The van der Waals surface area contributed by atoms with Crippen LogP contribution >= 0.6 is 15.9 Å². The van der Waals surface area contributed by atoms with Crippen molar-refractivity contribution in [3.8, 4) is 11.1 Å². The van der Waals surface area contributed by atoms with Gasteiger partial charge < -0.3 is 4.90 Å². The first-order valence-corrected chi connectivity index (χ1v) is 6.97. The molecule has 1 aliphatic rings. The minimum Gasteiger partial charge on any atom is -0.333 e. The van der Waals surface area contributed by atoms with Crippen LogP contribution in [0.3, 0.4) is 0 Å². The molecule has 0 saturated carbocycles. The monoisotopic (exact) mass is 335 g/mol. The number of carbonyl (C=O) groups is 1. The molecule has 0 amide bonds. The minimum absolute atomic E-state index is 0.190. The molecule has 0 atom stereocenters. The lowest BCUT2D eigenvalue weighted by molar-refractivity contribution is -0.116. The Hall–Kier alpha value is -1.82. The van der Waals surface area contributed by atoms with Crippen molar-refractivity contribution in [1.29, 1.82) is 0 Å². The van der Waals surface area contributed by atoms with E-state index in [0.717, 1.165) is 4.47 Å². The summed E-state index contributed by atoms with van der Waals surface area (Å²) >= 11 is 3.32. The van der Waals surface area contributed by atoms with Crippen molar-refractivity contribution < 1.29 is 9.18 Å². The molecule has 0 radical (unpaired) electrons. The average molecular weight is 336 g/mol. The Morgan fingerprint density at radius 3 is 2.65 bits per heavy atom. The number of nitrogens with zero attached hydrogens (tertiary/aromatic N) is 3. The van der Waals surface area contributed by atoms with Gasteiger partial charge in [-0.2, -0.15) is 0 Å². The van der Waals surface area contributed by atoms with Gasteiger partial charge >= 0.3 is 0 Å². The highest BCUT2D eigenvalue weighted by molar-refractivity contribution is 9.10. The molecule has 1 aromatic heterocycles. The predicted molar refractivity (Wildman–Crippen MR) is 77.0 cm³/mol. The third-order valence-corrected chi connectivity index (χ3v) is 3.68. The van der Waals surface area contributed by atoms with Crippen LogP contribution in [0.15, 0.2) is 35.1 Å². The molecule has 0 bridgehead atoms. The van der Waals surface area contributed by atoms with Crippen molar-refractivity contribution in [2.24, 2.45) is 0 Å². The molecule has 4 nitrogen and oxygen atoms in total. The number of carbonyl (C=O) groups excluding carboxylic acids is 1. The smallest absolute Gasteiger partial charge is 0.225 e. The lowest BCUT2D eigenvalue weighted by Gasteiger charge is -2.13. The van der Waals surface area contributed by atoms with Gasteiger partial charge in [0.15, 0.2) is 5.78 Å². The van der Waals surface area contributed by atoms with Crippen molar-refractivity contribution in [2.45, 2.75) is 6.42 Å². The van der Waals surface area contributed by atoms with Crippen LogP contribution in [0, 0.1) is 5.82 Å². The number of ketones is 1. The van der Waals surface area contributed by atoms with Gasteiger partial charge in [-0.05, 0) is 18.2 Å². The maximum Gasteiger partial charge on any atom is 0.225 e. The van der Waals surface area contributed by atoms with E-state index in [1.807, 2.05) is 4.90 Å². The number of halogens is 2. The van der Waals surface area contributed by atoms with Crippen LogP contribution in [0.5, 0.6) is 0 Å². The highest BCUT2D eigenvalue weighted by Crippen LogP contribution is 2.26. The van der Waals surface area contributed by atoms with Crippen LogP contribution in [0.25, 0.3) is 11.1 Å². The molecule has 0 N–H and O–H groups in total. The van der Waals surface area contributed by atoms with Gasteiger partial charge in [0.25, 0.3) is 0 Å². The average Bonchev–Trinajstić information content (AvgIpc) is 2.88. The van der Waals surface area contributed by atoms with E-state index >= 15 is 0 Å². The second-order valence-electron chi connectivity index (χ2n) is 4.61. The van der Waals surface area contributed by atoms with Gasteiger partial charge in [0, 0.05) is 41.0 Å². The number of hydrogen-bond acceptors (Lipinski definition) is 4. The molecule has 1 aromatic carbocycles. The van der Waals surface area contributed by atoms with Gasteiger partial charge in [-0.25, -0.2) is 14.4 Å². The second kappa shape index (κ2) is 5.28. The number of benzene rings is 1. The standard InChI is InChI=1S/C14H11BrFN3O/c15-10-1-2-13(16)12(5-10)9-6-17-14(18-7-9)19-4-3-11(20)8-19/h1-2,5-7H,3-4,8H2. The topological polar surface area (TPSA) is 46.1 Å². The fourth-order valence-electron chi connectivity index (χ4n) is 2.14. The highest BCUT2D eigenvalue weighted by Gasteiger charge is 2.21. The third kappa shape index (κ3) is 2.56. The molecule has 0 unspecified atom stereocenters. The van der Waals surface area contributed by atoms with E-state index in [0.29, 0.717) is 36.6 Å². The fourth-order valence-corrected chi connectivity index (χ4v) is 2.50. The molecule has 3 rings (SSSR count). The summed E-state index contributed by atoms with van der Waals surface area (Å²) < 4.78 is 14.6. The first kappa shape index (κ1) is 13.2. The fraction of sp³-hybridized carbons (Fsp3) is 0.214. The number of aromatic nitrogens is 2. The lowest BCUT2D eigenvalue weighted by Crippen LogP contribution is -2.21. The molecule has 0 spiro atoms. The van der Waals surface area contributed by atoms with E-state index < -0.39 is 0 Å².